The highest BCUT2D eigenvalue weighted by molar-refractivity contribution is 6.30. The maximum atomic E-state index is 14.0. The molecule has 0 aliphatic heterocycles. The molecule has 1 aliphatic rings. The van der Waals surface area contributed by atoms with Crippen LogP contribution in [0.5, 0.6) is 0 Å². The predicted molar refractivity (Wildman–Crippen MR) is 78.9 cm³/mol. The van der Waals surface area contributed by atoms with Crippen molar-refractivity contribution in [3.63, 3.8) is 0 Å². The molecule has 2 N–H and O–H groups in total. The predicted octanol–water partition coefficient (Wildman–Crippen LogP) is 4.71. The second-order valence-electron chi connectivity index (χ2n) is 5.96. The van der Waals surface area contributed by atoms with E-state index in [0.29, 0.717) is 12.0 Å². The van der Waals surface area contributed by atoms with Crippen LogP contribution in [0.4, 0.5) is 4.39 Å². The molecule has 2 rings (SSSR count). The van der Waals surface area contributed by atoms with Gasteiger partial charge in [0.05, 0.1) is 5.02 Å². The Labute approximate surface area is 120 Å². The third kappa shape index (κ3) is 3.70. The van der Waals surface area contributed by atoms with Crippen LogP contribution in [0.15, 0.2) is 18.2 Å². The Bertz CT molecular complexity index is 435. The number of nitrogens with two attached hydrogens (primary N) is 1. The average Bonchev–Trinajstić information content (AvgIpc) is 2.57. The van der Waals surface area contributed by atoms with Crippen LogP contribution in [-0.4, -0.2) is 5.54 Å². The van der Waals surface area contributed by atoms with E-state index in [1.165, 1.54) is 12.8 Å². The minimum Gasteiger partial charge on any atom is -0.325 e. The van der Waals surface area contributed by atoms with Gasteiger partial charge in [0.25, 0.3) is 0 Å². The molecule has 0 radical (unpaired) electrons. The van der Waals surface area contributed by atoms with E-state index in [2.05, 4.69) is 6.92 Å². The van der Waals surface area contributed by atoms with Gasteiger partial charge in [-0.15, -0.1) is 0 Å². The lowest BCUT2D eigenvalue weighted by Gasteiger charge is -2.28. The number of benzene rings is 1. The first-order chi connectivity index (χ1) is 9.04. The molecule has 0 spiro atoms. The van der Waals surface area contributed by atoms with Crippen LogP contribution in [0, 0.1) is 11.7 Å². The Morgan fingerprint density at radius 2 is 2.16 bits per heavy atom. The number of halogens is 2. The normalized spacial score (nSPS) is 28.1. The lowest BCUT2D eigenvalue weighted by molar-refractivity contribution is 0.354. The van der Waals surface area contributed by atoms with Crippen molar-refractivity contribution in [2.75, 3.05) is 0 Å². The van der Waals surface area contributed by atoms with Crippen molar-refractivity contribution in [2.24, 2.45) is 11.7 Å². The van der Waals surface area contributed by atoms with Crippen molar-refractivity contribution in [2.45, 2.75) is 57.4 Å². The van der Waals surface area contributed by atoms with Gasteiger partial charge >= 0.3 is 0 Å². The van der Waals surface area contributed by atoms with Gasteiger partial charge < -0.3 is 5.73 Å². The van der Waals surface area contributed by atoms with Crippen LogP contribution in [0.1, 0.15) is 51.0 Å². The van der Waals surface area contributed by atoms with E-state index in [1.807, 2.05) is 0 Å². The zero-order valence-corrected chi connectivity index (χ0v) is 12.3. The molecule has 1 fully saturated rings. The minimum atomic E-state index is -0.301. The zero-order valence-electron chi connectivity index (χ0n) is 11.6. The highest BCUT2D eigenvalue weighted by Gasteiger charge is 2.30. The van der Waals surface area contributed by atoms with E-state index in [0.717, 1.165) is 31.6 Å². The second kappa shape index (κ2) is 6.23. The van der Waals surface area contributed by atoms with Crippen molar-refractivity contribution in [1.29, 1.82) is 0 Å². The molecule has 2 atom stereocenters. The van der Waals surface area contributed by atoms with Gasteiger partial charge in [-0.2, -0.15) is 0 Å². The molecule has 1 nitrogen and oxygen atoms in total. The molecule has 3 heteroatoms. The Hall–Kier alpha value is -0.600. The van der Waals surface area contributed by atoms with E-state index in [-0.39, 0.29) is 16.4 Å². The molecule has 2 unspecified atom stereocenters. The smallest absolute Gasteiger partial charge is 0.145 e. The molecule has 106 valence electrons. The fourth-order valence-corrected chi connectivity index (χ4v) is 3.35. The van der Waals surface area contributed by atoms with E-state index < -0.39 is 0 Å². The van der Waals surface area contributed by atoms with Crippen molar-refractivity contribution in [3.05, 3.63) is 34.6 Å². The maximum absolute atomic E-state index is 14.0. The number of hydrogen-bond acceptors (Lipinski definition) is 1. The largest absolute Gasteiger partial charge is 0.325 e. The van der Waals surface area contributed by atoms with Crippen LogP contribution in [0.2, 0.25) is 5.02 Å². The van der Waals surface area contributed by atoms with E-state index in [1.54, 1.807) is 18.2 Å². The molecule has 1 aromatic carbocycles. The quantitative estimate of drug-likeness (QED) is 0.799. The van der Waals surface area contributed by atoms with Gasteiger partial charge in [0.1, 0.15) is 5.82 Å². The summed E-state index contributed by atoms with van der Waals surface area (Å²) < 4.78 is 14.0. The Kier molecular flexibility index (Phi) is 4.86. The topological polar surface area (TPSA) is 26.0 Å². The van der Waals surface area contributed by atoms with Crippen molar-refractivity contribution in [3.8, 4) is 0 Å². The Balaban J connectivity index is 2.10. The fraction of sp³-hybridized carbons (Fsp3) is 0.625. The average molecular weight is 284 g/mol. The summed E-state index contributed by atoms with van der Waals surface area (Å²) in [5.41, 5.74) is 6.91. The monoisotopic (exact) mass is 283 g/mol. The van der Waals surface area contributed by atoms with Crippen LogP contribution in [0.3, 0.4) is 0 Å². The van der Waals surface area contributed by atoms with Gasteiger partial charge in [-0.05, 0) is 43.2 Å². The lowest BCUT2D eigenvalue weighted by atomic mass is 9.84. The van der Waals surface area contributed by atoms with Gasteiger partial charge in [0, 0.05) is 5.54 Å². The molecule has 1 aromatic rings. The molecule has 0 saturated heterocycles. The van der Waals surface area contributed by atoms with Crippen LogP contribution in [0.25, 0.3) is 0 Å². The first-order valence-corrected chi connectivity index (χ1v) is 7.63. The highest BCUT2D eigenvalue weighted by atomic mass is 35.5. The summed E-state index contributed by atoms with van der Waals surface area (Å²) >= 11 is 5.84. The van der Waals surface area contributed by atoms with Gasteiger partial charge in [-0.25, -0.2) is 4.39 Å². The minimum absolute atomic E-state index is 0.196. The fourth-order valence-electron chi connectivity index (χ4n) is 3.15. The molecule has 0 amide bonds. The zero-order chi connectivity index (χ0) is 13.9. The summed E-state index contributed by atoms with van der Waals surface area (Å²) in [6.07, 6.45) is 7.35. The van der Waals surface area contributed by atoms with Crippen LogP contribution < -0.4 is 5.73 Å². The van der Waals surface area contributed by atoms with Crippen molar-refractivity contribution >= 4 is 11.6 Å². The summed E-state index contributed by atoms with van der Waals surface area (Å²) in [7, 11) is 0. The van der Waals surface area contributed by atoms with Gasteiger partial charge in [0.15, 0.2) is 0 Å². The SMILES string of the molecule is CCC1CCCC(N)(Cc2cccc(Cl)c2F)CC1. The van der Waals surface area contributed by atoms with Gasteiger partial charge in [-0.3, -0.25) is 0 Å². The third-order valence-corrected chi connectivity index (χ3v) is 4.78. The van der Waals surface area contributed by atoms with Crippen LogP contribution >= 0.6 is 11.6 Å². The van der Waals surface area contributed by atoms with E-state index >= 15 is 0 Å². The molecule has 0 bridgehead atoms. The summed E-state index contributed by atoms with van der Waals surface area (Å²) in [4.78, 5) is 0. The highest BCUT2D eigenvalue weighted by Crippen LogP contribution is 2.33. The van der Waals surface area contributed by atoms with Crippen LogP contribution in [-0.2, 0) is 6.42 Å². The lowest BCUT2D eigenvalue weighted by Crippen LogP contribution is -2.41. The maximum Gasteiger partial charge on any atom is 0.145 e. The first-order valence-electron chi connectivity index (χ1n) is 7.26. The summed E-state index contributed by atoms with van der Waals surface area (Å²) in [6, 6.07) is 5.19. The molecule has 1 aliphatic carbocycles. The number of rotatable bonds is 3. The van der Waals surface area contributed by atoms with Gasteiger partial charge in [-0.1, -0.05) is 49.9 Å². The van der Waals surface area contributed by atoms with Crippen molar-refractivity contribution in [1.82, 2.24) is 0 Å². The first kappa shape index (κ1) is 14.8. The standard InChI is InChI=1S/C16H23ClFN/c1-2-12-5-4-9-16(19,10-8-12)11-13-6-3-7-14(17)15(13)18/h3,6-7,12H,2,4-5,8-11,19H2,1H3. The van der Waals surface area contributed by atoms with Crippen molar-refractivity contribution < 1.29 is 4.39 Å². The third-order valence-electron chi connectivity index (χ3n) is 4.49. The van der Waals surface area contributed by atoms with E-state index in [9.17, 15) is 4.39 Å². The summed E-state index contributed by atoms with van der Waals surface area (Å²) in [5.74, 6) is 0.486. The molecule has 0 heterocycles. The molecule has 19 heavy (non-hydrogen) atoms. The van der Waals surface area contributed by atoms with Gasteiger partial charge in [0.2, 0.25) is 0 Å². The molecule has 1 saturated carbocycles. The summed E-state index contributed by atoms with van der Waals surface area (Å²) in [5, 5.41) is 0.196. The second-order valence-corrected chi connectivity index (χ2v) is 6.36. The Morgan fingerprint density at radius 1 is 1.37 bits per heavy atom. The molecular formula is C16H23ClFN. The Morgan fingerprint density at radius 3 is 2.89 bits per heavy atom. The molecule has 0 aromatic heterocycles. The molecular weight excluding hydrogens is 261 g/mol. The van der Waals surface area contributed by atoms with E-state index in [4.69, 9.17) is 17.3 Å². The number of hydrogen-bond donors (Lipinski definition) is 1. The summed E-state index contributed by atoms with van der Waals surface area (Å²) in [6.45, 7) is 2.24.